The number of imide groups is 2. The third-order valence-electron chi connectivity index (χ3n) is 6.57. The van der Waals surface area contributed by atoms with Crippen LogP contribution in [0.25, 0.3) is 0 Å². The fourth-order valence-electron chi connectivity index (χ4n) is 4.04. The summed E-state index contributed by atoms with van der Waals surface area (Å²) in [7, 11) is -10.6. The number of hydrogen-bond acceptors (Lipinski definition) is 17. The van der Waals surface area contributed by atoms with Crippen LogP contribution < -0.4 is 59.1 Å². The second-order valence-corrected chi connectivity index (χ2v) is 12.9. The predicted molar refractivity (Wildman–Crippen MR) is 151 cm³/mol. The standard InChI is InChI=1S/C25H31N5O17S2.2Na/c1-4-17(31)28(13-20(34)26(5-2)9-7-22(36)46-29-18(32)11-15(24(29)38)48(40,41)42)14-21(35)27(6-3)10-8-23(37)47-30-19(33)12-16(25(30)39)49(43,44)45;;/h1,15-16H,5-14H2,2-3H3,(H,40,41,42)(H,43,44,45);;/q;2*+1/p-2/i2D3,5D2;;. The average Bonchev–Trinajstić information content (AvgIpc) is 3.49. The summed E-state index contributed by atoms with van der Waals surface area (Å²) in [5.74, 6) is -11.4. The van der Waals surface area contributed by atoms with E-state index in [9.17, 15) is 69.1 Å². The molecule has 2 atom stereocenters. The third-order valence-corrected chi connectivity index (χ3v) is 8.70. The minimum Gasteiger partial charge on any atom is -0.747 e. The van der Waals surface area contributed by atoms with Gasteiger partial charge in [0.2, 0.25) is 11.8 Å². The van der Waals surface area contributed by atoms with Gasteiger partial charge in [-0.1, -0.05) is 0 Å². The molecular weight excluding hydrogens is 752 g/mol. The van der Waals surface area contributed by atoms with E-state index in [1.165, 1.54) is 6.92 Å². The number of likely N-dealkylation sites (N-methyl/N-ethyl adjacent to an activating group) is 2. The molecule has 2 rings (SSSR count). The summed E-state index contributed by atoms with van der Waals surface area (Å²) in [5, 5.41) is -5.28. The maximum absolute atomic E-state index is 13.3. The Morgan fingerprint density at radius 2 is 1.22 bits per heavy atom. The Balaban J connectivity index is 0.0000151. The summed E-state index contributed by atoms with van der Waals surface area (Å²) < 4.78 is 106. The molecule has 7 amide bonds. The van der Waals surface area contributed by atoms with E-state index in [0.29, 0.717) is 4.90 Å². The van der Waals surface area contributed by atoms with Crippen molar-refractivity contribution in [3.05, 3.63) is 0 Å². The van der Waals surface area contributed by atoms with E-state index in [2.05, 4.69) is 9.68 Å². The van der Waals surface area contributed by atoms with Gasteiger partial charge in [-0.05, 0) is 19.7 Å². The maximum Gasteiger partial charge on any atom is 1.00 e. The zero-order valence-corrected chi connectivity index (χ0v) is 32.7. The van der Waals surface area contributed by atoms with Crippen LogP contribution in [0.3, 0.4) is 0 Å². The van der Waals surface area contributed by atoms with Crippen LogP contribution in [0.1, 0.15) is 46.3 Å². The summed E-state index contributed by atoms with van der Waals surface area (Å²) in [5.41, 5.74) is 0. The molecule has 0 N–H and O–H groups in total. The minimum atomic E-state index is -5.35. The molecule has 0 aliphatic carbocycles. The Morgan fingerprint density at radius 3 is 1.55 bits per heavy atom. The largest absolute Gasteiger partial charge is 1.00 e. The molecule has 22 nitrogen and oxygen atoms in total. The van der Waals surface area contributed by atoms with Crippen LogP contribution in [0.15, 0.2) is 0 Å². The van der Waals surface area contributed by atoms with Gasteiger partial charge in [-0.2, -0.15) is 0 Å². The third kappa shape index (κ3) is 13.2. The SMILES string of the molecule is [2H]C([2H])([2H])C([2H])([2H])N(CCC(=O)ON1C(=O)CC(S(=O)(=O)[O-])C1=O)C(=O)CN(CC(=O)N(CC)CCC(=O)ON1C(=O)CC(S(=O)(=O)[O-])C1=O)C(=O)C#C.[Na+].[Na+]. The van der Waals surface area contributed by atoms with Gasteiger partial charge in [0.25, 0.3) is 29.5 Å². The Morgan fingerprint density at radius 1 is 0.824 bits per heavy atom. The topological polar surface area (TPSA) is 303 Å². The first-order chi connectivity index (χ1) is 24.6. The van der Waals surface area contributed by atoms with Gasteiger partial charge in [-0.15, -0.1) is 16.5 Å². The molecule has 270 valence electrons. The minimum absolute atomic E-state index is 0. The van der Waals surface area contributed by atoms with Crippen LogP contribution in [0.2, 0.25) is 0 Å². The molecule has 2 saturated heterocycles. The van der Waals surface area contributed by atoms with E-state index < -0.39 is 149 Å². The number of hydrogen-bond donors (Lipinski definition) is 0. The van der Waals surface area contributed by atoms with Crippen molar-refractivity contribution in [1.29, 1.82) is 0 Å². The van der Waals surface area contributed by atoms with Gasteiger partial charge >= 0.3 is 71.1 Å². The van der Waals surface area contributed by atoms with Crippen molar-refractivity contribution < 1.29 is 145 Å². The number of nitrogens with zero attached hydrogens (tertiary/aromatic N) is 5. The molecule has 0 radical (unpaired) electrons. The summed E-state index contributed by atoms with van der Waals surface area (Å²) in [6, 6.07) is 0. The van der Waals surface area contributed by atoms with Crippen LogP contribution in [0.4, 0.5) is 0 Å². The number of carbonyl (C=O) groups excluding carboxylic acids is 9. The molecule has 0 aromatic rings. The van der Waals surface area contributed by atoms with Gasteiger partial charge in [0, 0.05) is 33.0 Å². The van der Waals surface area contributed by atoms with E-state index in [0.717, 1.165) is 4.90 Å². The van der Waals surface area contributed by atoms with E-state index in [4.69, 9.17) is 13.3 Å². The predicted octanol–water partition coefficient (Wildman–Crippen LogP) is -10.8. The van der Waals surface area contributed by atoms with Crippen LogP contribution >= 0.6 is 0 Å². The van der Waals surface area contributed by atoms with Gasteiger partial charge in [0.05, 0.1) is 25.7 Å². The Bertz CT molecular complexity index is 1900. The van der Waals surface area contributed by atoms with Crippen LogP contribution in [0.5, 0.6) is 0 Å². The van der Waals surface area contributed by atoms with E-state index in [1.54, 1.807) is 5.92 Å². The van der Waals surface area contributed by atoms with Crippen molar-refractivity contribution in [1.82, 2.24) is 24.8 Å². The second kappa shape index (κ2) is 20.3. The maximum atomic E-state index is 13.3. The van der Waals surface area contributed by atoms with Gasteiger partial charge in [0.1, 0.15) is 43.8 Å². The summed E-state index contributed by atoms with van der Waals surface area (Å²) >= 11 is 0. The van der Waals surface area contributed by atoms with Crippen molar-refractivity contribution in [3.8, 4) is 12.3 Å². The first-order valence-corrected chi connectivity index (χ1v) is 16.4. The first-order valence-electron chi connectivity index (χ1n) is 16.0. The van der Waals surface area contributed by atoms with Crippen molar-refractivity contribution in [3.63, 3.8) is 0 Å². The van der Waals surface area contributed by atoms with Crippen molar-refractivity contribution in [2.24, 2.45) is 0 Å². The molecule has 2 heterocycles. The summed E-state index contributed by atoms with van der Waals surface area (Å²) in [6.45, 7) is -10.2. The van der Waals surface area contributed by atoms with Crippen molar-refractivity contribution in [2.45, 2.75) is 50.0 Å². The quantitative estimate of drug-likeness (QED) is 0.0607. The van der Waals surface area contributed by atoms with Gasteiger partial charge in [-0.25, -0.2) is 26.4 Å². The van der Waals surface area contributed by atoms with E-state index >= 15 is 0 Å². The molecule has 0 bridgehead atoms. The number of rotatable bonds is 16. The molecular formula is C25H29N5Na2O17S2. The number of amides is 7. The zero-order chi connectivity index (χ0) is 41.7. The number of terminal acetylenes is 1. The van der Waals surface area contributed by atoms with E-state index in [1.807, 2.05) is 0 Å². The van der Waals surface area contributed by atoms with Crippen molar-refractivity contribution >= 4 is 73.5 Å². The molecule has 2 unspecified atom stereocenters. The van der Waals surface area contributed by atoms with Crippen LogP contribution in [0, 0.1) is 12.3 Å². The molecule has 2 fully saturated rings. The monoisotopic (exact) mass is 786 g/mol. The van der Waals surface area contributed by atoms with Crippen LogP contribution in [-0.2, 0) is 73.1 Å². The summed E-state index contributed by atoms with van der Waals surface area (Å²) in [4.78, 5) is 122. The molecule has 0 saturated carbocycles. The Labute approximate surface area is 342 Å². The number of hydroxylamine groups is 4. The zero-order valence-electron chi connectivity index (χ0n) is 32.1. The van der Waals surface area contributed by atoms with Gasteiger partial charge < -0.3 is 33.5 Å². The Hall–Kier alpha value is -2.99. The summed E-state index contributed by atoms with van der Waals surface area (Å²) in [6.07, 6.45) is 0.942. The number of carbonyl (C=O) groups is 9. The fourth-order valence-corrected chi connectivity index (χ4v) is 5.42. The molecule has 0 spiro atoms. The molecule has 2 aliphatic rings. The van der Waals surface area contributed by atoms with Gasteiger partial charge in [-0.3, -0.25) is 33.6 Å². The van der Waals surface area contributed by atoms with Crippen LogP contribution in [-0.4, -0.2) is 154 Å². The van der Waals surface area contributed by atoms with Crippen molar-refractivity contribution in [2.75, 3.05) is 39.2 Å². The average molecular weight is 787 g/mol. The van der Waals surface area contributed by atoms with E-state index in [-0.39, 0.29) is 80.7 Å². The smallest absolute Gasteiger partial charge is 0.747 e. The normalized spacial score (nSPS) is 19.1. The first kappa shape index (κ1) is 39.2. The Kier molecular flexibility index (Phi) is 15.6. The molecule has 51 heavy (non-hydrogen) atoms. The molecule has 26 heteroatoms. The molecule has 0 aromatic carbocycles. The fraction of sp³-hybridized carbons (Fsp3) is 0.560. The molecule has 0 aromatic heterocycles. The van der Waals surface area contributed by atoms with Gasteiger partial charge in [0.15, 0.2) is 0 Å². The molecule has 2 aliphatic heterocycles. The second-order valence-electron chi connectivity index (χ2n) is 9.79.